The summed E-state index contributed by atoms with van der Waals surface area (Å²) >= 11 is 4.13. The van der Waals surface area contributed by atoms with Gasteiger partial charge < -0.3 is 9.30 Å². The normalized spacial score (nSPS) is 10.7. The average molecular weight is 365 g/mol. The maximum atomic E-state index is 12.4. The first-order valence-corrected chi connectivity index (χ1v) is 8.77. The summed E-state index contributed by atoms with van der Waals surface area (Å²) in [6.45, 7) is 0.266. The van der Waals surface area contributed by atoms with E-state index in [0.29, 0.717) is 4.90 Å². The number of carbonyl (C=O) groups excluding carboxylic acids is 1. The van der Waals surface area contributed by atoms with Crippen LogP contribution in [0.4, 0.5) is 0 Å². The third-order valence-corrected chi connectivity index (χ3v) is 4.27. The molecule has 0 atom stereocenters. The first kappa shape index (κ1) is 18.0. The summed E-state index contributed by atoms with van der Waals surface area (Å²) in [5.74, 6) is -0.357. The van der Waals surface area contributed by atoms with Crippen LogP contribution in [0, 0.1) is 0 Å². The Morgan fingerprint density at radius 1 is 0.962 bits per heavy atom. The van der Waals surface area contributed by atoms with Crippen molar-refractivity contribution in [3.63, 3.8) is 0 Å². The van der Waals surface area contributed by atoms with Gasteiger partial charge in [0.2, 0.25) is 0 Å². The van der Waals surface area contributed by atoms with Gasteiger partial charge in [0.05, 0.1) is 6.42 Å². The maximum absolute atomic E-state index is 12.4. The number of pyridine rings is 1. The molecule has 5 heteroatoms. The molecule has 0 N–H and O–H groups in total. The zero-order valence-corrected chi connectivity index (χ0v) is 15.0. The van der Waals surface area contributed by atoms with E-state index in [9.17, 15) is 9.59 Å². The molecule has 0 saturated carbocycles. The minimum atomic E-state index is -0.471. The fourth-order valence-electron chi connectivity index (χ4n) is 2.67. The molecule has 4 nitrogen and oxygen atoms in total. The SMILES string of the molecule is O=C(CCn1ccc(S)cc1=O)OC(c1ccccc1)c1ccccc1. The van der Waals surface area contributed by atoms with E-state index in [1.54, 1.807) is 12.3 Å². The Balaban J connectivity index is 1.72. The molecule has 2 aromatic carbocycles. The summed E-state index contributed by atoms with van der Waals surface area (Å²) in [4.78, 5) is 24.9. The van der Waals surface area contributed by atoms with E-state index in [0.717, 1.165) is 11.1 Å². The van der Waals surface area contributed by atoms with E-state index in [-0.39, 0.29) is 24.5 Å². The molecule has 26 heavy (non-hydrogen) atoms. The number of esters is 1. The van der Waals surface area contributed by atoms with Gasteiger partial charge in [-0.05, 0) is 17.2 Å². The Hall–Kier alpha value is -2.79. The van der Waals surface area contributed by atoms with E-state index in [4.69, 9.17) is 4.74 Å². The van der Waals surface area contributed by atoms with Crippen LogP contribution in [-0.4, -0.2) is 10.5 Å². The highest BCUT2D eigenvalue weighted by Gasteiger charge is 2.18. The van der Waals surface area contributed by atoms with Crippen molar-refractivity contribution in [1.29, 1.82) is 0 Å². The van der Waals surface area contributed by atoms with E-state index in [1.165, 1.54) is 10.6 Å². The predicted molar refractivity (Wildman–Crippen MR) is 103 cm³/mol. The number of nitrogens with zero attached hydrogens (tertiary/aromatic N) is 1. The predicted octanol–water partition coefficient (Wildman–Crippen LogP) is 3.86. The van der Waals surface area contributed by atoms with Crippen molar-refractivity contribution >= 4 is 18.6 Å². The van der Waals surface area contributed by atoms with Gasteiger partial charge in [-0.15, -0.1) is 12.6 Å². The van der Waals surface area contributed by atoms with Crippen molar-refractivity contribution in [1.82, 2.24) is 4.57 Å². The highest BCUT2D eigenvalue weighted by atomic mass is 32.1. The fourth-order valence-corrected chi connectivity index (χ4v) is 2.85. The van der Waals surface area contributed by atoms with E-state index >= 15 is 0 Å². The van der Waals surface area contributed by atoms with Crippen molar-refractivity contribution < 1.29 is 9.53 Å². The molecule has 1 heterocycles. The molecule has 3 rings (SSSR count). The average Bonchev–Trinajstić information content (AvgIpc) is 2.67. The molecule has 0 radical (unpaired) electrons. The Labute approximate surface area is 157 Å². The lowest BCUT2D eigenvalue weighted by molar-refractivity contribution is -0.147. The van der Waals surface area contributed by atoms with Crippen LogP contribution in [0.25, 0.3) is 0 Å². The van der Waals surface area contributed by atoms with Crippen molar-refractivity contribution in [3.8, 4) is 0 Å². The Morgan fingerprint density at radius 3 is 2.08 bits per heavy atom. The van der Waals surface area contributed by atoms with Gasteiger partial charge in [0.15, 0.2) is 6.10 Å². The second kappa shape index (κ2) is 8.54. The number of aryl methyl sites for hydroxylation is 1. The van der Waals surface area contributed by atoms with E-state index < -0.39 is 6.10 Å². The number of benzene rings is 2. The molecule has 0 unspecified atom stereocenters. The molecular weight excluding hydrogens is 346 g/mol. The number of rotatable bonds is 6. The summed E-state index contributed by atoms with van der Waals surface area (Å²) in [5, 5.41) is 0. The molecule has 0 fully saturated rings. The lowest BCUT2D eigenvalue weighted by atomic mass is 10.0. The van der Waals surface area contributed by atoms with Crippen LogP contribution in [0.3, 0.4) is 0 Å². The number of aromatic nitrogens is 1. The largest absolute Gasteiger partial charge is 0.452 e. The second-order valence-electron chi connectivity index (χ2n) is 5.86. The molecule has 0 aliphatic carbocycles. The van der Waals surface area contributed by atoms with Gasteiger partial charge in [-0.2, -0.15) is 0 Å². The minimum absolute atomic E-state index is 0.113. The second-order valence-corrected chi connectivity index (χ2v) is 6.37. The quantitative estimate of drug-likeness (QED) is 0.533. The molecule has 132 valence electrons. The monoisotopic (exact) mass is 365 g/mol. The third-order valence-electron chi connectivity index (χ3n) is 3.99. The Morgan fingerprint density at radius 2 is 1.54 bits per heavy atom. The van der Waals surface area contributed by atoms with Crippen LogP contribution in [0.15, 0.2) is 88.7 Å². The summed E-state index contributed by atoms with van der Waals surface area (Å²) in [6, 6.07) is 22.4. The van der Waals surface area contributed by atoms with Crippen LogP contribution in [0.5, 0.6) is 0 Å². The number of hydrogen-bond acceptors (Lipinski definition) is 4. The molecule has 0 saturated heterocycles. The summed E-state index contributed by atoms with van der Waals surface area (Å²) in [5.41, 5.74) is 1.63. The number of ether oxygens (including phenoxy) is 1. The van der Waals surface area contributed by atoms with Crippen LogP contribution in [0.1, 0.15) is 23.7 Å². The van der Waals surface area contributed by atoms with Crippen molar-refractivity contribution in [2.45, 2.75) is 24.0 Å². The van der Waals surface area contributed by atoms with Gasteiger partial charge in [0.25, 0.3) is 5.56 Å². The van der Waals surface area contributed by atoms with Gasteiger partial charge in [-0.3, -0.25) is 9.59 Å². The topological polar surface area (TPSA) is 48.3 Å². The zero-order chi connectivity index (χ0) is 18.4. The van der Waals surface area contributed by atoms with Gasteiger partial charge in [-0.25, -0.2) is 0 Å². The lowest BCUT2D eigenvalue weighted by Gasteiger charge is -2.19. The molecule has 1 aromatic heterocycles. The molecular formula is C21H19NO3S. The Kier molecular flexibility index (Phi) is 5.92. The lowest BCUT2D eigenvalue weighted by Crippen LogP contribution is -2.21. The van der Waals surface area contributed by atoms with Crippen LogP contribution in [0.2, 0.25) is 0 Å². The van der Waals surface area contributed by atoms with E-state index in [1.807, 2.05) is 60.7 Å². The highest BCUT2D eigenvalue weighted by molar-refractivity contribution is 7.80. The minimum Gasteiger partial charge on any atom is -0.452 e. The molecule has 3 aromatic rings. The smallest absolute Gasteiger partial charge is 0.308 e. The molecule has 0 aliphatic rings. The maximum Gasteiger partial charge on any atom is 0.308 e. The van der Waals surface area contributed by atoms with Crippen molar-refractivity contribution in [2.75, 3.05) is 0 Å². The van der Waals surface area contributed by atoms with Crippen LogP contribution < -0.4 is 5.56 Å². The number of carbonyl (C=O) groups is 1. The van der Waals surface area contributed by atoms with Gasteiger partial charge in [-0.1, -0.05) is 60.7 Å². The van der Waals surface area contributed by atoms with Gasteiger partial charge >= 0.3 is 5.97 Å². The summed E-state index contributed by atoms with van der Waals surface area (Å²) in [6.07, 6.45) is 1.27. The van der Waals surface area contributed by atoms with Crippen molar-refractivity contribution in [2.24, 2.45) is 0 Å². The van der Waals surface area contributed by atoms with Crippen LogP contribution in [-0.2, 0) is 16.1 Å². The van der Waals surface area contributed by atoms with Gasteiger partial charge in [0, 0.05) is 23.7 Å². The third kappa shape index (κ3) is 4.64. The standard InChI is InChI=1S/C21H19NO3S/c23-19-15-18(26)11-13-22(19)14-12-20(24)25-21(16-7-3-1-4-8-16)17-9-5-2-6-10-17/h1-11,13,15,21,26H,12,14H2. The summed E-state index contributed by atoms with van der Waals surface area (Å²) < 4.78 is 7.21. The van der Waals surface area contributed by atoms with Gasteiger partial charge in [0.1, 0.15) is 0 Å². The van der Waals surface area contributed by atoms with E-state index in [2.05, 4.69) is 12.6 Å². The zero-order valence-electron chi connectivity index (χ0n) is 14.1. The van der Waals surface area contributed by atoms with Crippen LogP contribution >= 0.6 is 12.6 Å². The first-order chi connectivity index (χ1) is 12.6. The first-order valence-electron chi connectivity index (χ1n) is 8.32. The Bertz CT molecular complexity index is 883. The summed E-state index contributed by atoms with van der Waals surface area (Å²) in [7, 11) is 0. The number of hydrogen-bond donors (Lipinski definition) is 1. The number of thiol groups is 1. The molecule has 0 amide bonds. The highest BCUT2D eigenvalue weighted by Crippen LogP contribution is 2.26. The molecule has 0 spiro atoms. The molecule has 0 aliphatic heterocycles. The fraction of sp³-hybridized carbons (Fsp3) is 0.143. The van der Waals surface area contributed by atoms with Crippen molar-refractivity contribution in [3.05, 3.63) is 100 Å². The molecule has 0 bridgehead atoms.